The second kappa shape index (κ2) is 7.28. The Kier molecular flexibility index (Phi) is 5.71. The van der Waals surface area contributed by atoms with Gasteiger partial charge in [0.1, 0.15) is 5.75 Å². The quantitative estimate of drug-likeness (QED) is 0.470. The number of carbonyl (C=O) groups is 1. The van der Waals surface area contributed by atoms with E-state index in [1.54, 1.807) is 0 Å². The molecule has 0 aliphatic carbocycles. The highest BCUT2D eigenvalue weighted by Gasteiger charge is 2.11. The summed E-state index contributed by atoms with van der Waals surface area (Å²) < 4.78 is 5.59. The SMILES string of the molecule is CCC(C)COc1ccc([N+](=O)[O-])cc1C=CC(=O)O. The summed E-state index contributed by atoms with van der Waals surface area (Å²) in [7, 11) is 0. The van der Waals surface area contributed by atoms with Crippen LogP contribution >= 0.6 is 0 Å². The molecule has 0 aromatic heterocycles. The molecule has 0 radical (unpaired) electrons. The zero-order valence-electron chi connectivity index (χ0n) is 11.4. The molecule has 0 fully saturated rings. The van der Waals surface area contributed by atoms with Gasteiger partial charge in [-0.1, -0.05) is 20.3 Å². The van der Waals surface area contributed by atoms with Crippen molar-refractivity contribution >= 4 is 17.7 Å². The van der Waals surface area contributed by atoms with E-state index in [1.165, 1.54) is 24.3 Å². The van der Waals surface area contributed by atoms with Crippen LogP contribution in [-0.2, 0) is 4.79 Å². The van der Waals surface area contributed by atoms with E-state index in [9.17, 15) is 14.9 Å². The summed E-state index contributed by atoms with van der Waals surface area (Å²) in [5, 5.41) is 19.4. The highest BCUT2D eigenvalue weighted by atomic mass is 16.6. The molecule has 0 aliphatic rings. The fourth-order valence-corrected chi connectivity index (χ4v) is 1.42. The minimum Gasteiger partial charge on any atom is -0.493 e. The molecular formula is C14H17NO5. The number of hydrogen-bond donors (Lipinski definition) is 1. The molecule has 1 N–H and O–H groups in total. The third-order valence-electron chi connectivity index (χ3n) is 2.83. The van der Waals surface area contributed by atoms with Crippen LogP contribution in [0.4, 0.5) is 5.69 Å². The molecule has 0 saturated heterocycles. The zero-order chi connectivity index (χ0) is 15.1. The van der Waals surface area contributed by atoms with Crippen molar-refractivity contribution in [2.75, 3.05) is 6.61 Å². The molecule has 20 heavy (non-hydrogen) atoms. The molecular weight excluding hydrogens is 262 g/mol. The molecule has 0 saturated carbocycles. The van der Waals surface area contributed by atoms with Crippen molar-refractivity contribution < 1.29 is 19.6 Å². The average molecular weight is 279 g/mol. The van der Waals surface area contributed by atoms with Crippen LogP contribution in [0.15, 0.2) is 24.3 Å². The number of nitrogens with zero attached hydrogens (tertiary/aromatic N) is 1. The minimum absolute atomic E-state index is 0.106. The van der Waals surface area contributed by atoms with E-state index in [4.69, 9.17) is 9.84 Å². The van der Waals surface area contributed by atoms with Crippen molar-refractivity contribution in [3.8, 4) is 5.75 Å². The van der Waals surface area contributed by atoms with Gasteiger partial charge in [-0.15, -0.1) is 0 Å². The van der Waals surface area contributed by atoms with E-state index in [0.29, 0.717) is 23.8 Å². The van der Waals surface area contributed by atoms with Gasteiger partial charge in [0.15, 0.2) is 0 Å². The first-order chi connectivity index (χ1) is 9.43. The van der Waals surface area contributed by atoms with E-state index in [2.05, 4.69) is 0 Å². The van der Waals surface area contributed by atoms with Gasteiger partial charge in [-0.05, 0) is 18.1 Å². The number of benzene rings is 1. The molecule has 1 rings (SSSR count). The summed E-state index contributed by atoms with van der Waals surface area (Å²) in [6.45, 7) is 4.54. The number of carboxylic acid groups (broad SMARTS) is 1. The van der Waals surface area contributed by atoms with Crippen LogP contribution < -0.4 is 4.74 Å². The van der Waals surface area contributed by atoms with Crippen LogP contribution in [0.25, 0.3) is 6.08 Å². The lowest BCUT2D eigenvalue weighted by Gasteiger charge is -2.12. The lowest BCUT2D eigenvalue weighted by atomic mass is 10.1. The van der Waals surface area contributed by atoms with Crippen LogP contribution in [-0.4, -0.2) is 22.6 Å². The number of hydrogen-bond acceptors (Lipinski definition) is 4. The smallest absolute Gasteiger partial charge is 0.328 e. The Labute approximate surface area is 116 Å². The molecule has 1 unspecified atom stereocenters. The molecule has 0 aliphatic heterocycles. The third-order valence-corrected chi connectivity index (χ3v) is 2.83. The molecule has 1 aromatic rings. The van der Waals surface area contributed by atoms with Gasteiger partial charge in [0, 0.05) is 23.8 Å². The number of ether oxygens (including phenoxy) is 1. The normalized spacial score (nSPS) is 12.3. The highest BCUT2D eigenvalue weighted by Crippen LogP contribution is 2.26. The summed E-state index contributed by atoms with van der Waals surface area (Å²) >= 11 is 0. The number of rotatable bonds is 7. The molecule has 0 amide bonds. The number of nitro groups is 1. The first kappa shape index (κ1) is 15.7. The molecule has 0 heterocycles. The Morgan fingerprint density at radius 2 is 2.25 bits per heavy atom. The van der Waals surface area contributed by atoms with Gasteiger partial charge >= 0.3 is 5.97 Å². The van der Waals surface area contributed by atoms with Crippen molar-refractivity contribution in [1.82, 2.24) is 0 Å². The Hall–Kier alpha value is -2.37. The van der Waals surface area contributed by atoms with Crippen molar-refractivity contribution in [3.63, 3.8) is 0 Å². The van der Waals surface area contributed by atoms with Gasteiger partial charge in [0.2, 0.25) is 0 Å². The van der Waals surface area contributed by atoms with Crippen molar-refractivity contribution in [2.24, 2.45) is 5.92 Å². The monoisotopic (exact) mass is 279 g/mol. The maximum absolute atomic E-state index is 10.7. The Bertz CT molecular complexity index is 524. The maximum atomic E-state index is 10.7. The van der Waals surface area contributed by atoms with E-state index >= 15 is 0 Å². The van der Waals surface area contributed by atoms with Crippen LogP contribution in [0.1, 0.15) is 25.8 Å². The number of non-ortho nitro benzene ring substituents is 1. The standard InChI is InChI=1S/C14H17NO5/c1-3-10(2)9-20-13-6-5-12(15(18)19)8-11(13)4-7-14(16)17/h4-8,10H,3,9H2,1-2H3,(H,16,17). The summed E-state index contributed by atoms with van der Waals surface area (Å²) in [5.41, 5.74) is 0.274. The fourth-order valence-electron chi connectivity index (χ4n) is 1.42. The minimum atomic E-state index is -1.12. The zero-order valence-corrected chi connectivity index (χ0v) is 11.4. The molecule has 6 nitrogen and oxygen atoms in total. The van der Waals surface area contributed by atoms with Crippen LogP contribution in [0.2, 0.25) is 0 Å². The van der Waals surface area contributed by atoms with Gasteiger partial charge in [0.25, 0.3) is 5.69 Å². The van der Waals surface area contributed by atoms with Crippen LogP contribution in [0, 0.1) is 16.0 Å². The third kappa shape index (κ3) is 4.72. The van der Waals surface area contributed by atoms with Crippen LogP contribution in [0.5, 0.6) is 5.75 Å². The average Bonchev–Trinajstić information content (AvgIpc) is 2.42. The van der Waals surface area contributed by atoms with Crippen molar-refractivity contribution in [1.29, 1.82) is 0 Å². The van der Waals surface area contributed by atoms with Gasteiger partial charge in [-0.25, -0.2) is 4.79 Å². The topological polar surface area (TPSA) is 89.7 Å². The van der Waals surface area contributed by atoms with Gasteiger partial charge < -0.3 is 9.84 Å². The maximum Gasteiger partial charge on any atom is 0.328 e. The second-order valence-corrected chi connectivity index (χ2v) is 4.48. The van der Waals surface area contributed by atoms with Crippen molar-refractivity contribution in [3.05, 3.63) is 40.0 Å². The van der Waals surface area contributed by atoms with Crippen molar-refractivity contribution in [2.45, 2.75) is 20.3 Å². The summed E-state index contributed by atoms with van der Waals surface area (Å²) in [4.78, 5) is 20.8. The Morgan fingerprint density at radius 1 is 1.55 bits per heavy atom. The lowest BCUT2D eigenvalue weighted by molar-refractivity contribution is -0.384. The molecule has 0 spiro atoms. The summed E-state index contributed by atoms with van der Waals surface area (Å²) in [6.07, 6.45) is 3.17. The second-order valence-electron chi connectivity index (χ2n) is 4.48. The van der Waals surface area contributed by atoms with E-state index < -0.39 is 10.9 Å². The fraction of sp³-hybridized carbons (Fsp3) is 0.357. The van der Waals surface area contributed by atoms with Gasteiger partial charge in [0.05, 0.1) is 11.5 Å². The first-order valence-electron chi connectivity index (χ1n) is 6.26. The van der Waals surface area contributed by atoms with Crippen LogP contribution in [0.3, 0.4) is 0 Å². The molecule has 1 atom stereocenters. The van der Waals surface area contributed by atoms with E-state index in [0.717, 1.165) is 12.5 Å². The summed E-state index contributed by atoms with van der Waals surface area (Å²) in [6, 6.07) is 4.12. The largest absolute Gasteiger partial charge is 0.493 e. The number of carboxylic acids is 1. The predicted octanol–water partition coefficient (Wildman–Crippen LogP) is 3.12. The highest BCUT2D eigenvalue weighted by molar-refractivity contribution is 5.86. The predicted molar refractivity (Wildman–Crippen MR) is 74.7 cm³/mol. The Balaban J connectivity index is 3.02. The first-order valence-corrected chi connectivity index (χ1v) is 6.26. The number of nitro benzene ring substituents is 1. The van der Waals surface area contributed by atoms with Gasteiger partial charge in [-0.3, -0.25) is 10.1 Å². The Morgan fingerprint density at radius 3 is 2.80 bits per heavy atom. The number of aliphatic carboxylic acids is 1. The molecule has 0 bridgehead atoms. The molecule has 1 aromatic carbocycles. The lowest BCUT2D eigenvalue weighted by Crippen LogP contribution is -2.08. The van der Waals surface area contributed by atoms with E-state index in [1.807, 2.05) is 13.8 Å². The van der Waals surface area contributed by atoms with E-state index in [-0.39, 0.29) is 5.69 Å². The molecule has 108 valence electrons. The molecule has 6 heteroatoms. The van der Waals surface area contributed by atoms with Gasteiger partial charge in [-0.2, -0.15) is 0 Å². The summed E-state index contributed by atoms with van der Waals surface area (Å²) in [5.74, 6) is -0.334.